The van der Waals surface area contributed by atoms with Crippen LogP contribution in [0.25, 0.3) is 0 Å². The summed E-state index contributed by atoms with van der Waals surface area (Å²) >= 11 is 0. The molecule has 0 aliphatic heterocycles. The number of hydrogen-bond acceptors (Lipinski definition) is 6. The zero-order chi connectivity index (χ0) is 18.9. The van der Waals surface area contributed by atoms with Gasteiger partial charge < -0.3 is 24.3 Å². The van der Waals surface area contributed by atoms with Gasteiger partial charge in [0.05, 0.1) is 33.4 Å². The molecule has 0 unspecified atom stereocenters. The molecule has 2 aromatic rings. The summed E-state index contributed by atoms with van der Waals surface area (Å²) in [5.41, 5.74) is 1.20. The second-order valence-electron chi connectivity index (χ2n) is 5.30. The Morgan fingerprint density at radius 2 is 1.65 bits per heavy atom. The first-order chi connectivity index (χ1) is 12.5. The van der Waals surface area contributed by atoms with Gasteiger partial charge in [-0.2, -0.15) is 0 Å². The van der Waals surface area contributed by atoms with Crippen molar-refractivity contribution in [2.75, 3.05) is 33.3 Å². The molecule has 138 valence electrons. The van der Waals surface area contributed by atoms with Gasteiger partial charge in [0.1, 0.15) is 17.2 Å². The summed E-state index contributed by atoms with van der Waals surface area (Å²) in [5, 5.41) is 2.63. The predicted molar refractivity (Wildman–Crippen MR) is 95.8 cm³/mol. The quantitative estimate of drug-likeness (QED) is 0.729. The Kier molecular flexibility index (Phi) is 6.84. The molecule has 0 aliphatic rings. The third kappa shape index (κ3) is 5.41. The fraction of sp³-hybridized carbons (Fsp3) is 0.263. The van der Waals surface area contributed by atoms with E-state index in [0.29, 0.717) is 22.9 Å². The van der Waals surface area contributed by atoms with E-state index < -0.39 is 18.5 Å². The van der Waals surface area contributed by atoms with Gasteiger partial charge in [-0.05, 0) is 29.8 Å². The Hall–Kier alpha value is -3.22. The minimum atomic E-state index is -0.505. The van der Waals surface area contributed by atoms with Crippen molar-refractivity contribution in [3.63, 3.8) is 0 Å². The summed E-state index contributed by atoms with van der Waals surface area (Å²) in [5.74, 6) is 0.729. The highest BCUT2D eigenvalue weighted by atomic mass is 16.5. The first kappa shape index (κ1) is 19.1. The molecule has 0 aromatic heterocycles. The number of hydrogen-bond donors (Lipinski definition) is 1. The van der Waals surface area contributed by atoms with E-state index in [1.54, 1.807) is 49.6 Å². The summed E-state index contributed by atoms with van der Waals surface area (Å²) in [6.45, 7) is -0.391. The maximum Gasteiger partial charge on any atom is 0.310 e. The molecular weight excluding hydrogens is 338 g/mol. The zero-order valence-corrected chi connectivity index (χ0v) is 14.9. The summed E-state index contributed by atoms with van der Waals surface area (Å²) in [6, 6.07) is 12.1. The Morgan fingerprint density at radius 1 is 0.923 bits per heavy atom. The molecule has 7 heteroatoms. The van der Waals surface area contributed by atoms with Gasteiger partial charge in [0.25, 0.3) is 5.91 Å². The van der Waals surface area contributed by atoms with Crippen LogP contribution in [0, 0.1) is 0 Å². The van der Waals surface area contributed by atoms with Gasteiger partial charge in [-0.3, -0.25) is 9.59 Å². The van der Waals surface area contributed by atoms with Crippen LogP contribution in [0.15, 0.2) is 42.5 Å². The Balaban J connectivity index is 1.87. The minimum absolute atomic E-state index is 0.0519. The van der Waals surface area contributed by atoms with Crippen LogP contribution in [-0.4, -0.2) is 39.8 Å². The normalized spacial score (nSPS) is 9.96. The van der Waals surface area contributed by atoms with Crippen LogP contribution in [0.4, 0.5) is 5.69 Å². The number of carbonyl (C=O) groups excluding carboxylic acids is 2. The van der Waals surface area contributed by atoms with E-state index in [4.69, 9.17) is 18.9 Å². The number of esters is 1. The van der Waals surface area contributed by atoms with E-state index in [-0.39, 0.29) is 6.42 Å². The van der Waals surface area contributed by atoms with Crippen LogP contribution in [0.5, 0.6) is 17.2 Å². The van der Waals surface area contributed by atoms with E-state index in [2.05, 4.69) is 5.32 Å². The molecule has 0 fully saturated rings. The van der Waals surface area contributed by atoms with Crippen molar-refractivity contribution in [1.82, 2.24) is 0 Å². The van der Waals surface area contributed by atoms with Gasteiger partial charge in [0.15, 0.2) is 6.61 Å². The lowest BCUT2D eigenvalue weighted by molar-refractivity contribution is -0.146. The summed E-state index contributed by atoms with van der Waals surface area (Å²) in [6.07, 6.45) is 0.0519. The second kappa shape index (κ2) is 9.31. The summed E-state index contributed by atoms with van der Waals surface area (Å²) in [4.78, 5) is 23.9. The highest BCUT2D eigenvalue weighted by Gasteiger charge is 2.12. The van der Waals surface area contributed by atoms with Gasteiger partial charge in [0.2, 0.25) is 0 Å². The van der Waals surface area contributed by atoms with Crippen molar-refractivity contribution < 1.29 is 28.5 Å². The lowest BCUT2D eigenvalue weighted by atomic mass is 10.1. The molecule has 0 aliphatic carbocycles. The van der Waals surface area contributed by atoms with Crippen molar-refractivity contribution in [1.29, 1.82) is 0 Å². The number of ether oxygens (including phenoxy) is 4. The molecule has 0 heterocycles. The standard InChI is InChI=1S/C19H21NO6/c1-23-14-6-4-5-13(9-14)10-19(22)26-12-18(21)20-16-8-7-15(24-2)11-17(16)25-3/h4-9,11H,10,12H2,1-3H3,(H,20,21). The molecule has 0 saturated carbocycles. The monoisotopic (exact) mass is 359 g/mol. The van der Waals surface area contributed by atoms with E-state index in [9.17, 15) is 9.59 Å². The third-order valence-electron chi connectivity index (χ3n) is 3.53. The largest absolute Gasteiger partial charge is 0.497 e. The smallest absolute Gasteiger partial charge is 0.310 e. The van der Waals surface area contributed by atoms with Gasteiger partial charge in [-0.25, -0.2) is 0 Å². The van der Waals surface area contributed by atoms with Crippen molar-refractivity contribution in [3.8, 4) is 17.2 Å². The number of carbonyl (C=O) groups is 2. The maximum atomic E-state index is 12.0. The first-order valence-corrected chi connectivity index (χ1v) is 7.86. The van der Waals surface area contributed by atoms with Crippen molar-refractivity contribution in [2.24, 2.45) is 0 Å². The van der Waals surface area contributed by atoms with Crippen molar-refractivity contribution in [3.05, 3.63) is 48.0 Å². The third-order valence-corrected chi connectivity index (χ3v) is 3.53. The number of rotatable bonds is 8. The molecule has 26 heavy (non-hydrogen) atoms. The van der Waals surface area contributed by atoms with Gasteiger partial charge in [-0.1, -0.05) is 12.1 Å². The van der Waals surface area contributed by atoms with E-state index in [0.717, 1.165) is 5.56 Å². The summed E-state index contributed by atoms with van der Waals surface area (Å²) in [7, 11) is 4.57. The lowest BCUT2D eigenvalue weighted by Gasteiger charge is -2.12. The van der Waals surface area contributed by atoms with Gasteiger partial charge >= 0.3 is 5.97 Å². The van der Waals surface area contributed by atoms with Crippen LogP contribution in [0.1, 0.15) is 5.56 Å². The number of methoxy groups -OCH3 is 3. The molecule has 0 radical (unpaired) electrons. The van der Waals surface area contributed by atoms with Crippen molar-refractivity contribution in [2.45, 2.75) is 6.42 Å². The van der Waals surface area contributed by atoms with E-state index in [1.807, 2.05) is 0 Å². The van der Waals surface area contributed by atoms with E-state index >= 15 is 0 Å². The topological polar surface area (TPSA) is 83.1 Å². The number of benzene rings is 2. The second-order valence-corrected chi connectivity index (χ2v) is 5.30. The van der Waals surface area contributed by atoms with Gasteiger partial charge in [-0.15, -0.1) is 0 Å². The fourth-order valence-electron chi connectivity index (χ4n) is 2.23. The Morgan fingerprint density at radius 3 is 2.35 bits per heavy atom. The zero-order valence-electron chi connectivity index (χ0n) is 14.9. The highest BCUT2D eigenvalue weighted by molar-refractivity contribution is 5.94. The number of nitrogens with one attached hydrogen (secondary N) is 1. The molecular formula is C19H21NO6. The molecule has 2 rings (SSSR count). The van der Waals surface area contributed by atoms with Crippen LogP contribution in [-0.2, 0) is 20.7 Å². The number of anilines is 1. The van der Waals surface area contributed by atoms with Crippen LogP contribution in [0.2, 0.25) is 0 Å². The average Bonchev–Trinajstić information content (AvgIpc) is 2.66. The molecule has 0 spiro atoms. The Labute approximate surface area is 151 Å². The summed E-state index contributed by atoms with van der Waals surface area (Å²) < 4.78 is 20.4. The van der Waals surface area contributed by atoms with Crippen LogP contribution < -0.4 is 19.5 Å². The molecule has 0 atom stereocenters. The predicted octanol–water partition coefficient (Wildman–Crippen LogP) is 2.44. The van der Waals surface area contributed by atoms with Crippen molar-refractivity contribution >= 4 is 17.6 Å². The van der Waals surface area contributed by atoms with Crippen LogP contribution in [0.3, 0.4) is 0 Å². The molecule has 1 amide bonds. The van der Waals surface area contributed by atoms with Gasteiger partial charge in [0, 0.05) is 6.07 Å². The van der Waals surface area contributed by atoms with E-state index in [1.165, 1.54) is 14.2 Å². The Bertz CT molecular complexity index is 774. The number of amides is 1. The fourth-order valence-corrected chi connectivity index (χ4v) is 2.23. The molecule has 7 nitrogen and oxygen atoms in total. The maximum absolute atomic E-state index is 12.0. The molecule has 0 saturated heterocycles. The highest BCUT2D eigenvalue weighted by Crippen LogP contribution is 2.28. The molecule has 0 bridgehead atoms. The lowest BCUT2D eigenvalue weighted by Crippen LogP contribution is -2.22. The first-order valence-electron chi connectivity index (χ1n) is 7.86. The van der Waals surface area contributed by atoms with Crippen LogP contribution >= 0.6 is 0 Å². The average molecular weight is 359 g/mol. The minimum Gasteiger partial charge on any atom is -0.497 e. The molecule has 2 aromatic carbocycles. The SMILES string of the molecule is COc1cccc(CC(=O)OCC(=O)Nc2ccc(OC)cc2OC)c1. The molecule has 1 N–H and O–H groups in total.